The van der Waals surface area contributed by atoms with Crippen molar-refractivity contribution >= 4 is 5.91 Å². The highest BCUT2D eigenvalue weighted by Gasteiger charge is 2.24. The van der Waals surface area contributed by atoms with Gasteiger partial charge in [-0.1, -0.05) is 18.2 Å². The summed E-state index contributed by atoms with van der Waals surface area (Å²) in [7, 11) is 0. The molecule has 0 bridgehead atoms. The molecule has 1 aromatic carbocycles. The van der Waals surface area contributed by atoms with Crippen molar-refractivity contribution in [3.8, 4) is 5.75 Å². The van der Waals surface area contributed by atoms with E-state index in [1.807, 2.05) is 31.2 Å². The third-order valence-electron chi connectivity index (χ3n) is 4.68. The van der Waals surface area contributed by atoms with Crippen LogP contribution in [0.1, 0.15) is 24.0 Å². The fraction of sp³-hybridized carbons (Fsp3) is 0.421. The van der Waals surface area contributed by atoms with E-state index in [9.17, 15) is 14.4 Å². The molecule has 2 aromatic rings. The minimum absolute atomic E-state index is 0.0164. The molecule has 7 nitrogen and oxygen atoms in total. The monoisotopic (exact) mass is 357 g/mol. The molecule has 0 radical (unpaired) electrons. The number of nitrogens with zero attached hydrogens (tertiary/aromatic N) is 1. The molecule has 1 aliphatic rings. The van der Waals surface area contributed by atoms with Gasteiger partial charge in [0.25, 0.3) is 5.56 Å². The summed E-state index contributed by atoms with van der Waals surface area (Å²) >= 11 is 0. The summed E-state index contributed by atoms with van der Waals surface area (Å²) in [5, 5.41) is 0. The van der Waals surface area contributed by atoms with Crippen LogP contribution >= 0.6 is 0 Å². The number of H-pyrrole nitrogens is 2. The molecule has 0 unspecified atom stereocenters. The molecule has 1 atom stereocenters. The highest BCUT2D eigenvalue weighted by atomic mass is 16.5. The van der Waals surface area contributed by atoms with E-state index in [0.29, 0.717) is 19.7 Å². The van der Waals surface area contributed by atoms with Gasteiger partial charge in [-0.3, -0.25) is 14.6 Å². The normalized spacial score (nSPS) is 17.1. The van der Waals surface area contributed by atoms with Gasteiger partial charge in [-0.05, 0) is 31.4 Å². The van der Waals surface area contributed by atoms with Crippen molar-refractivity contribution < 1.29 is 9.53 Å². The molecule has 0 spiro atoms. The van der Waals surface area contributed by atoms with Crippen LogP contribution in [0.5, 0.6) is 5.75 Å². The van der Waals surface area contributed by atoms with Crippen LogP contribution in [0.2, 0.25) is 0 Å². The minimum atomic E-state index is -0.572. The molecule has 26 heavy (non-hydrogen) atoms. The van der Waals surface area contributed by atoms with Crippen molar-refractivity contribution in [2.45, 2.75) is 26.2 Å². The Morgan fingerprint density at radius 2 is 2.12 bits per heavy atom. The molecule has 1 aliphatic heterocycles. The lowest BCUT2D eigenvalue weighted by atomic mass is 9.98. The molecule has 1 aromatic heterocycles. The zero-order valence-corrected chi connectivity index (χ0v) is 14.8. The second kappa shape index (κ2) is 8.03. The number of hydrogen-bond donors (Lipinski definition) is 2. The Labute approximate surface area is 151 Å². The van der Waals surface area contributed by atoms with Crippen molar-refractivity contribution in [1.29, 1.82) is 0 Å². The maximum atomic E-state index is 12.5. The smallest absolute Gasteiger partial charge is 0.325 e. The second-order valence-corrected chi connectivity index (χ2v) is 6.70. The molecule has 1 saturated heterocycles. The van der Waals surface area contributed by atoms with Crippen molar-refractivity contribution in [2.24, 2.45) is 5.92 Å². The zero-order chi connectivity index (χ0) is 18.5. The number of para-hydroxylation sites is 1. The number of carbonyl (C=O) groups is 1. The van der Waals surface area contributed by atoms with Crippen LogP contribution in [-0.2, 0) is 11.2 Å². The standard InChI is InChI=1S/C19H23N3O4/c1-13-5-2-3-7-16(13)26-12-14-6-4-8-22(11-14)17(23)9-15-10-20-19(25)21-18(15)24/h2-3,5,7,10,14H,4,6,8-9,11-12H2,1H3,(H2,20,21,24,25)/t14-/m0/s1. The lowest BCUT2D eigenvalue weighted by Gasteiger charge is -2.32. The summed E-state index contributed by atoms with van der Waals surface area (Å²) in [4.78, 5) is 41.7. The number of ether oxygens (including phenoxy) is 1. The number of likely N-dealkylation sites (tertiary alicyclic amines) is 1. The number of carbonyl (C=O) groups excluding carboxylic acids is 1. The number of benzene rings is 1. The Morgan fingerprint density at radius 1 is 1.31 bits per heavy atom. The third-order valence-corrected chi connectivity index (χ3v) is 4.68. The van der Waals surface area contributed by atoms with Crippen LogP contribution in [-0.4, -0.2) is 40.5 Å². The summed E-state index contributed by atoms with van der Waals surface area (Å²) in [6.07, 6.45) is 3.21. The van der Waals surface area contributed by atoms with Crippen LogP contribution < -0.4 is 16.0 Å². The molecular weight excluding hydrogens is 334 g/mol. The van der Waals surface area contributed by atoms with Crippen molar-refractivity contribution in [3.05, 3.63) is 62.4 Å². The number of aromatic amines is 2. The molecule has 138 valence electrons. The van der Waals surface area contributed by atoms with Crippen LogP contribution in [0.4, 0.5) is 0 Å². The predicted octanol–water partition coefficient (Wildman–Crippen LogP) is 1.23. The quantitative estimate of drug-likeness (QED) is 0.841. The summed E-state index contributed by atoms with van der Waals surface area (Å²) in [5.41, 5.74) is 0.276. The van der Waals surface area contributed by atoms with Crippen LogP contribution in [0, 0.1) is 12.8 Å². The summed E-state index contributed by atoms with van der Waals surface area (Å²) in [6, 6.07) is 7.87. The first-order chi connectivity index (χ1) is 12.5. The lowest BCUT2D eigenvalue weighted by Crippen LogP contribution is -2.43. The number of hydrogen-bond acceptors (Lipinski definition) is 4. The summed E-state index contributed by atoms with van der Waals surface area (Å²) < 4.78 is 5.92. The topological polar surface area (TPSA) is 95.3 Å². The van der Waals surface area contributed by atoms with E-state index < -0.39 is 11.2 Å². The van der Waals surface area contributed by atoms with Crippen LogP contribution in [0.25, 0.3) is 0 Å². The first kappa shape index (κ1) is 18.0. The number of aromatic nitrogens is 2. The second-order valence-electron chi connectivity index (χ2n) is 6.70. The van der Waals surface area contributed by atoms with E-state index in [-0.39, 0.29) is 23.8 Å². The fourth-order valence-electron chi connectivity index (χ4n) is 3.20. The maximum absolute atomic E-state index is 12.5. The van der Waals surface area contributed by atoms with Crippen LogP contribution in [0.3, 0.4) is 0 Å². The van der Waals surface area contributed by atoms with Gasteiger partial charge in [0, 0.05) is 30.8 Å². The SMILES string of the molecule is Cc1ccccc1OC[C@H]1CCCN(C(=O)Cc2c[nH]c(=O)[nH]c2=O)C1. The number of nitrogens with one attached hydrogen (secondary N) is 2. The van der Waals surface area contributed by atoms with Gasteiger partial charge in [0.1, 0.15) is 5.75 Å². The van der Waals surface area contributed by atoms with E-state index in [1.54, 1.807) is 4.90 Å². The van der Waals surface area contributed by atoms with Crippen molar-refractivity contribution in [3.63, 3.8) is 0 Å². The largest absolute Gasteiger partial charge is 0.493 e. The predicted molar refractivity (Wildman–Crippen MR) is 97.4 cm³/mol. The fourth-order valence-corrected chi connectivity index (χ4v) is 3.20. The first-order valence-corrected chi connectivity index (χ1v) is 8.80. The molecule has 0 saturated carbocycles. The number of aryl methyl sites for hydroxylation is 1. The van der Waals surface area contributed by atoms with Gasteiger partial charge in [0.15, 0.2) is 0 Å². The third kappa shape index (κ3) is 4.41. The molecule has 2 N–H and O–H groups in total. The molecule has 3 rings (SSSR count). The van der Waals surface area contributed by atoms with E-state index in [4.69, 9.17) is 4.74 Å². The van der Waals surface area contributed by atoms with E-state index >= 15 is 0 Å². The summed E-state index contributed by atoms with van der Waals surface area (Å²) in [5.74, 6) is 1.03. The molecule has 0 aliphatic carbocycles. The van der Waals surface area contributed by atoms with E-state index in [0.717, 1.165) is 24.2 Å². The van der Waals surface area contributed by atoms with Crippen molar-refractivity contribution in [2.75, 3.05) is 19.7 Å². The Bertz CT molecular complexity index is 887. The van der Waals surface area contributed by atoms with E-state index in [1.165, 1.54) is 6.20 Å². The van der Waals surface area contributed by atoms with E-state index in [2.05, 4.69) is 9.97 Å². The molecular formula is C19H23N3O4. The maximum Gasteiger partial charge on any atom is 0.325 e. The lowest BCUT2D eigenvalue weighted by molar-refractivity contribution is -0.132. The Balaban J connectivity index is 1.57. The average Bonchev–Trinajstić information content (AvgIpc) is 2.63. The molecule has 1 amide bonds. The first-order valence-electron chi connectivity index (χ1n) is 8.80. The zero-order valence-electron chi connectivity index (χ0n) is 14.8. The van der Waals surface area contributed by atoms with Crippen molar-refractivity contribution in [1.82, 2.24) is 14.9 Å². The summed E-state index contributed by atoms with van der Waals surface area (Å²) in [6.45, 7) is 3.87. The van der Waals surface area contributed by atoms with Gasteiger partial charge in [0.05, 0.1) is 13.0 Å². The van der Waals surface area contributed by atoms with Crippen LogP contribution in [0.15, 0.2) is 40.1 Å². The van der Waals surface area contributed by atoms with Gasteiger partial charge < -0.3 is 14.6 Å². The van der Waals surface area contributed by atoms with Gasteiger partial charge in [-0.25, -0.2) is 4.79 Å². The van der Waals surface area contributed by atoms with Gasteiger partial charge in [-0.15, -0.1) is 0 Å². The Kier molecular flexibility index (Phi) is 5.55. The Hall–Kier alpha value is -2.83. The van der Waals surface area contributed by atoms with Gasteiger partial charge in [0.2, 0.25) is 5.91 Å². The minimum Gasteiger partial charge on any atom is -0.493 e. The Morgan fingerprint density at radius 3 is 2.88 bits per heavy atom. The van der Waals surface area contributed by atoms with Gasteiger partial charge in [-0.2, -0.15) is 0 Å². The number of piperidine rings is 1. The number of amides is 1. The molecule has 2 heterocycles. The molecule has 7 heteroatoms. The molecule has 1 fully saturated rings. The van der Waals surface area contributed by atoms with Gasteiger partial charge >= 0.3 is 5.69 Å². The highest BCUT2D eigenvalue weighted by Crippen LogP contribution is 2.21. The highest BCUT2D eigenvalue weighted by molar-refractivity contribution is 5.78. The average molecular weight is 357 g/mol. The number of rotatable bonds is 5.